The van der Waals surface area contributed by atoms with Crippen molar-refractivity contribution in [3.63, 3.8) is 0 Å². The number of aliphatic hydroxyl groups is 4. The molecule has 0 aromatic heterocycles. The van der Waals surface area contributed by atoms with Gasteiger partial charge in [0.05, 0.1) is 6.10 Å². The third-order valence-corrected chi connectivity index (χ3v) is 4.69. The molecule has 4 nitrogen and oxygen atoms in total. The molecular weight excluding hydrogens is 316 g/mol. The van der Waals surface area contributed by atoms with E-state index in [0.717, 1.165) is 44.9 Å². The van der Waals surface area contributed by atoms with Crippen LogP contribution in [0, 0.1) is 5.92 Å². The Morgan fingerprint density at radius 2 is 1.12 bits per heavy atom. The normalized spacial score (nSPS) is 13.4. The van der Waals surface area contributed by atoms with E-state index in [4.69, 9.17) is 15.3 Å². The average Bonchev–Trinajstić information content (AvgIpc) is 2.61. The summed E-state index contributed by atoms with van der Waals surface area (Å²) < 4.78 is 0. The molecule has 0 bridgehead atoms. The van der Waals surface area contributed by atoms with Gasteiger partial charge in [-0.25, -0.2) is 0 Å². The van der Waals surface area contributed by atoms with Gasteiger partial charge in [0.25, 0.3) is 0 Å². The van der Waals surface area contributed by atoms with E-state index < -0.39 is 6.29 Å². The molecule has 2 unspecified atom stereocenters. The highest BCUT2D eigenvalue weighted by Crippen LogP contribution is 2.12. The van der Waals surface area contributed by atoms with Crippen molar-refractivity contribution in [2.24, 2.45) is 5.92 Å². The van der Waals surface area contributed by atoms with E-state index in [1.807, 2.05) is 13.8 Å². The number of hydrogen-bond acceptors (Lipinski definition) is 4. The largest absolute Gasteiger partial charge is 0.396 e. The summed E-state index contributed by atoms with van der Waals surface area (Å²) in [5, 5.41) is 35.3. The Labute approximate surface area is 156 Å². The lowest BCUT2D eigenvalue weighted by Gasteiger charge is -2.12. The van der Waals surface area contributed by atoms with Crippen molar-refractivity contribution in [2.75, 3.05) is 6.61 Å². The maximum absolute atomic E-state index is 9.30. The van der Waals surface area contributed by atoms with Gasteiger partial charge >= 0.3 is 0 Å². The highest BCUT2D eigenvalue weighted by Gasteiger charge is 2.08. The summed E-state index contributed by atoms with van der Waals surface area (Å²) in [5.41, 5.74) is 0. The zero-order chi connectivity index (χ0) is 19.3. The molecule has 25 heavy (non-hydrogen) atoms. The Kier molecular flexibility index (Phi) is 23.7. The van der Waals surface area contributed by atoms with Crippen molar-refractivity contribution in [3.05, 3.63) is 0 Å². The second-order valence-corrected chi connectivity index (χ2v) is 7.29. The molecule has 0 spiro atoms. The van der Waals surface area contributed by atoms with Gasteiger partial charge in [-0.3, -0.25) is 0 Å². The number of rotatable bonds is 16. The molecule has 4 heteroatoms. The maximum Gasteiger partial charge on any atom is 0.154 e. The Hall–Kier alpha value is -0.160. The van der Waals surface area contributed by atoms with Crippen LogP contribution in [-0.4, -0.2) is 39.4 Å². The van der Waals surface area contributed by atoms with Crippen molar-refractivity contribution in [1.29, 1.82) is 0 Å². The SMILES string of the molecule is CCC(O)CCCCCCCCCO.CCCCCCC(C)C(O)O. The fraction of sp³-hybridized carbons (Fsp3) is 1.00. The summed E-state index contributed by atoms with van der Waals surface area (Å²) >= 11 is 0. The molecule has 0 aliphatic rings. The van der Waals surface area contributed by atoms with Crippen LogP contribution in [0.5, 0.6) is 0 Å². The molecule has 0 rings (SSSR count). The molecule has 0 aromatic carbocycles. The first-order valence-corrected chi connectivity index (χ1v) is 10.6. The van der Waals surface area contributed by atoms with E-state index >= 15 is 0 Å². The zero-order valence-corrected chi connectivity index (χ0v) is 17.1. The number of unbranched alkanes of at least 4 members (excludes halogenated alkanes) is 9. The van der Waals surface area contributed by atoms with Crippen LogP contribution in [0.3, 0.4) is 0 Å². The van der Waals surface area contributed by atoms with E-state index in [0.29, 0.717) is 6.61 Å². The lowest BCUT2D eigenvalue weighted by molar-refractivity contribution is -0.0808. The molecule has 0 saturated heterocycles. The van der Waals surface area contributed by atoms with Crippen molar-refractivity contribution < 1.29 is 20.4 Å². The first-order chi connectivity index (χ1) is 12.0. The van der Waals surface area contributed by atoms with Gasteiger partial charge in [-0.1, -0.05) is 85.0 Å². The van der Waals surface area contributed by atoms with Crippen LogP contribution in [0.25, 0.3) is 0 Å². The van der Waals surface area contributed by atoms with Gasteiger partial charge in [0, 0.05) is 12.5 Å². The Morgan fingerprint density at radius 3 is 1.60 bits per heavy atom. The quantitative estimate of drug-likeness (QED) is 0.235. The molecule has 4 N–H and O–H groups in total. The molecule has 0 saturated carbocycles. The van der Waals surface area contributed by atoms with Crippen LogP contribution in [0.1, 0.15) is 111 Å². The van der Waals surface area contributed by atoms with E-state index in [2.05, 4.69) is 6.92 Å². The lowest BCUT2D eigenvalue weighted by Crippen LogP contribution is -2.15. The van der Waals surface area contributed by atoms with Gasteiger partial charge in [-0.05, 0) is 25.7 Å². The summed E-state index contributed by atoms with van der Waals surface area (Å²) in [6.07, 6.45) is 14.7. The van der Waals surface area contributed by atoms with E-state index in [1.165, 1.54) is 44.9 Å². The third-order valence-electron chi connectivity index (χ3n) is 4.69. The summed E-state index contributed by atoms with van der Waals surface area (Å²) in [5.74, 6) is 0.0341. The van der Waals surface area contributed by atoms with Crippen LogP contribution < -0.4 is 0 Å². The highest BCUT2D eigenvalue weighted by atomic mass is 16.5. The third kappa shape index (κ3) is 23.8. The number of hydrogen-bond donors (Lipinski definition) is 4. The maximum atomic E-state index is 9.30. The fourth-order valence-electron chi connectivity index (χ4n) is 2.62. The highest BCUT2D eigenvalue weighted by molar-refractivity contribution is 4.54. The van der Waals surface area contributed by atoms with Gasteiger partial charge in [0.2, 0.25) is 0 Å². The minimum Gasteiger partial charge on any atom is -0.396 e. The minimum atomic E-state index is -1.13. The zero-order valence-electron chi connectivity index (χ0n) is 17.1. The first-order valence-electron chi connectivity index (χ1n) is 10.6. The van der Waals surface area contributed by atoms with Crippen LogP contribution >= 0.6 is 0 Å². The van der Waals surface area contributed by atoms with Crippen molar-refractivity contribution >= 4 is 0 Å². The van der Waals surface area contributed by atoms with Gasteiger partial charge in [0.15, 0.2) is 6.29 Å². The van der Waals surface area contributed by atoms with E-state index in [9.17, 15) is 5.11 Å². The van der Waals surface area contributed by atoms with E-state index in [-0.39, 0.29) is 12.0 Å². The summed E-state index contributed by atoms with van der Waals surface area (Å²) in [6.45, 7) is 6.41. The molecule has 0 aliphatic heterocycles. The second-order valence-electron chi connectivity index (χ2n) is 7.29. The van der Waals surface area contributed by atoms with E-state index in [1.54, 1.807) is 0 Å². The first kappa shape index (κ1) is 27.1. The smallest absolute Gasteiger partial charge is 0.154 e. The molecule has 0 heterocycles. The van der Waals surface area contributed by atoms with Crippen molar-refractivity contribution in [2.45, 2.75) is 123 Å². The molecule has 154 valence electrons. The Bertz CT molecular complexity index is 234. The van der Waals surface area contributed by atoms with Gasteiger partial charge in [-0.2, -0.15) is 0 Å². The average molecular weight is 363 g/mol. The summed E-state index contributed by atoms with van der Waals surface area (Å²) in [4.78, 5) is 0. The topological polar surface area (TPSA) is 80.9 Å². The van der Waals surface area contributed by atoms with Crippen molar-refractivity contribution in [3.8, 4) is 0 Å². The van der Waals surface area contributed by atoms with Gasteiger partial charge in [-0.15, -0.1) is 0 Å². The van der Waals surface area contributed by atoms with Crippen LogP contribution in [0.2, 0.25) is 0 Å². The predicted molar refractivity (Wildman–Crippen MR) is 106 cm³/mol. The van der Waals surface area contributed by atoms with Gasteiger partial charge in [0.1, 0.15) is 0 Å². The van der Waals surface area contributed by atoms with Crippen LogP contribution in [-0.2, 0) is 0 Å². The molecule has 0 aromatic rings. The number of aliphatic hydroxyl groups excluding tert-OH is 3. The molecule has 0 fully saturated rings. The fourth-order valence-corrected chi connectivity index (χ4v) is 2.62. The molecule has 2 atom stereocenters. The van der Waals surface area contributed by atoms with Crippen LogP contribution in [0.4, 0.5) is 0 Å². The summed E-state index contributed by atoms with van der Waals surface area (Å²) in [7, 11) is 0. The van der Waals surface area contributed by atoms with Crippen LogP contribution in [0.15, 0.2) is 0 Å². The second kappa shape index (κ2) is 21.9. The van der Waals surface area contributed by atoms with Crippen molar-refractivity contribution in [1.82, 2.24) is 0 Å². The Morgan fingerprint density at radius 1 is 0.640 bits per heavy atom. The molecular formula is C21H46O4. The standard InChI is InChI=1S/C12H26O2.C9H20O2/c1-2-12(14)10-8-6-4-3-5-7-9-11-13;1-3-4-5-6-7-8(2)9(10)11/h12-14H,2-11H2,1H3;8-11H,3-7H2,1-2H3. The predicted octanol–water partition coefficient (Wildman–Crippen LogP) is 4.77. The Balaban J connectivity index is 0. The molecule has 0 aliphatic carbocycles. The molecule has 0 amide bonds. The monoisotopic (exact) mass is 362 g/mol. The summed E-state index contributed by atoms with van der Waals surface area (Å²) in [6, 6.07) is 0. The molecule has 0 radical (unpaired) electrons. The minimum absolute atomic E-state index is 0.0341. The van der Waals surface area contributed by atoms with Gasteiger partial charge < -0.3 is 20.4 Å². The lowest BCUT2D eigenvalue weighted by atomic mass is 10.0.